The molecule has 114 valence electrons. The Bertz CT molecular complexity index is 562. The molecule has 2 aliphatic rings. The van der Waals surface area contributed by atoms with Crippen molar-refractivity contribution in [2.45, 2.75) is 51.2 Å². The van der Waals surface area contributed by atoms with E-state index in [1.165, 1.54) is 11.1 Å². The van der Waals surface area contributed by atoms with Crippen LogP contribution in [0.15, 0.2) is 18.2 Å². The summed E-state index contributed by atoms with van der Waals surface area (Å²) in [6, 6.07) is 6.20. The molecule has 0 saturated carbocycles. The minimum atomic E-state index is -0.399. The van der Waals surface area contributed by atoms with Gasteiger partial charge in [0, 0.05) is 18.8 Å². The van der Waals surface area contributed by atoms with Crippen molar-refractivity contribution in [3.63, 3.8) is 0 Å². The molecular formula is C17H24N2O2. The largest absolute Gasteiger partial charge is 0.392 e. The molecule has 1 amide bonds. The third-order valence-electron chi connectivity index (χ3n) is 4.51. The van der Waals surface area contributed by atoms with Gasteiger partial charge in [-0.1, -0.05) is 32.9 Å². The number of rotatable bonds is 1. The summed E-state index contributed by atoms with van der Waals surface area (Å²) in [5.74, 6) is 0.0915. The number of hydrogen-bond acceptors (Lipinski definition) is 3. The molecule has 21 heavy (non-hydrogen) atoms. The SMILES string of the molecule is CC(C)(C)c1ccc2c(c1)CCN2C(=O)C1CC(O)CN1. The van der Waals surface area contributed by atoms with Crippen molar-refractivity contribution in [2.24, 2.45) is 0 Å². The standard InChI is InChI=1S/C17H24N2O2/c1-17(2,3)12-4-5-15-11(8-12)6-7-19(15)16(21)14-9-13(20)10-18-14/h4-5,8,13-14,18,20H,6-7,9-10H2,1-3H3. The maximum Gasteiger partial charge on any atom is 0.244 e. The number of aliphatic hydroxyl groups is 1. The van der Waals surface area contributed by atoms with Crippen molar-refractivity contribution in [3.8, 4) is 0 Å². The summed E-state index contributed by atoms with van der Waals surface area (Å²) in [5.41, 5.74) is 3.74. The highest BCUT2D eigenvalue weighted by molar-refractivity contribution is 5.99. The van der Waals surface area contributed by atoms with Gasteiger partial charge in [-0.2, -0.15) is 0 Å². The Morgan fingerprint density at radius 1 is 1.38 bits per heavy atom. The van der Waals surface area contributed by atoms with Gasteiger partial charge in [-0.3, -0.25) is 4.79 Å². The van der Waals surface area contributed by atoms with Crippen LogP contribution in [0.25, 0.3) is 0 Å². The molecule has 0 aromatic heterocycles. The number of fused-ring (bicyclic) bond motifs is 1. The van der Waals surface area contributed by atoms with Gasteiger partial charge in [0.2, 0.25) is 5.91 Å². The van der Waals surface area contributed by atoms with E-state index in [9.17, 15) is 9.90 Å². The topological polar surface area (TPSA) is 52.6 Å². The van der Waals surface area contributed by atoms with Gasteiger partial charge < -0.3 is 15.3 Å². The minimum absolute atomic E-state index is 0.0915. The quantitative estimate of drug-likeness (QED) is 0.825. The molecule has 2 aliphatic heterocycles. The van der Waals surface area contributed by atoms with E-state index >= 15 is 0 Å². The lowest BCUT2D eigenvalue weighted by atomic mass is 9.86. The van der Waals surface area contributed by atoms with Gasteiger partial charge in [0.15, 0.2) is 0 Å². The van der Waals surface area contributed by atoms with Crippen molar-refractivity contribution < 1.29 is 9.90 Å². The number of nitrogens with zero attached hydrogens (tertiary/aromatic N) is 1. The second-order valence-corrected chi connectivity index (χ2v) is 7.18. The van der Waals surface area contributed by atoms with E-state index in [-0.39, 0.29) is 17.4 Å². The summed E-state index contributed by atoms with van der Waals surface area (Å²) < 4.78 is 0. The monoisotopic (exact) mass is 288 g/mol. The molecule has 1 aromatic rings. The Morgan fingerprint density at radius 2 is 2.14 bits per heavy atom. The van der Waals surface area contributed by atoms with E-state index in [0.29, 0.717) is 13.0 Å². The number of aliphatic hydroxyl groups excluding tert-OH is 1. The lowest BCUT2D eigenvalue weighted by Gasteiger charge is -2.23. The highest BCUT2D eigenvalue weighted by Crippen LogP contribution is 2.33. The molecule has 0 spiro atoms. The minimum Gasteiger partial charge on any atom is -0.392 e. The van der Waals surface area contributed by atoms with Gasteiger partial charge in [-0.15, -0.1) is 0 Å². The van der Waals surface area contributed by atoms with E-state index in [1.54, 1.807) is 0 Å². The summed E-state index contributed by atoms with van der Waals surface area (Å²) in [5, 5.41) is 12.7. The first-order chi connectivity index (χ1) is 9.86. The number of carbonyl (C=O) groups excluding carboxylic acids is 1. The summed E-state index contributed by atoms with van der Waals surface area (Å²) in [6.45, 7) is 7.87. The highest BCUT2D eigenvalue weighted by atomic mass is 16.3. The number of amides is 1. The highest BCUT2D eigenvalue weighted by Gasteiger charge is 2.34. The number of β-amino-alcohol motifs (C(OH)–C–C–N with tert-alkyl or cyclic N) is 1. The zero-order chi connectivity index (χ0) is 15.2. The first-order valence-electron chi connectivity index (χ1n) is 7.72. The maximum atomic E-state index is 12.6. The van der Waals surface area contributed by atoms with E-state index < -0.39 is 6.10 Å². The van der Waals surface area contributed by atoms with Crippen LogP contribution in [0.3, 0.4) is 0 Å². The molecular weight excluding hydrogens is 264 g/mol. The van der Waals surface area contributed by atoms with E-state index in [4.69, 9.17) is 0 Å². The second-order valence-electron chi connectivity index (χ2n) is 7.18. The van der Waals surface area contributed by atoms with Crippen LogP contribution in [-0.4, -0.2) is 36.2 Å². The van der Waals surface area contributed by atoms with Crippen molar-refractivity contribution in [1.29, 1.82) is 0 Å². The second kappa shape index (κ2) is 5.11. The van der Waals surface area contributed by atoms with Gasteiger partial charge in [-0.25, -0.2) is 0 Å². The third kappa shape index (κ3) is 2.70. The summed E-state index contributed by atoms with van der Waals surface area (Å²) in [7, 11) is 0. The molecule has 2 heterocycles. The average Bonchev–Trinajstić information content (AvgIpc) is 3.02. The first kappa shape index (κ1) is 14.5. The molecule has 0 aliphatic carbocycles. The van der Waals surface area contributed by atoms with Crippen LogP contribution < -0.4 is 10.2 Å². The van der Waals surface area contributed by atoms with E-state index in [2.05, 4.69) is 44.3 Å². The molecule has 4 nitrogen and oxygen atoms in total. The number of anilines is 1. The van der Waals surface area contributed by atoms with Gasteiger partial charge in [0.25, 0.3) is 0 Å². The summed E-state index contributed by atoms with van der Waals surface area (Å²) in [6.07, 6.45) is 1.04. The number of hydrogen-bond donors (Lipinski definition) is 2. The molecule has 1 saturated heterocycles. The zero-order valence-corrected chi connectivity index (χ0v) is 13.0. The van der Waals surface area contributed by atoms with Crippen LogP contribution in [0.2, 0.25) is 0 Å². The van der Waals surface area contributed by atoms with Gasteiger partial charge >= 0.3 is 0 Å². The van der Waals surface area contributed by atoms with Crippen molar-refractivity contribution in [1.82, 2.24) is 5.32 Å². The normalized spacial score (nSPS) is 25.2. The molecule has 0 bridgehead atoms. The number of nitrogens with one attached hydrogen (secondary N) is 1. The molecule has 1 aromatic carbocycles. The van der Waals surface area contributed by atoms with Crippen LogP contribution in [0.4, 0.5) is 5.69 Å². The van der Waals surface area contributed by atoms with Crippen molar-refractivity contribution in [2.75, 3.05) is 18.0 Å². The summed E-state index contributed by atoms with van der Waals surface area (Å²) in [4.78, 5) is 14.5. The fourth-order valence-corrected chi connectivity index (χ4v) is 3.19. The summed E-state index contributed by atoms with van der Waals surface area (Å²) >= 11 is 0. The predicted octanol–water partition coefficient (Wildman–Crippen LogP) is 1.60. The molecule has 2 N–H and O–H groups in total. The van der Waals surface area contributed by atoms with Crippen LogP contribution in [0.5, 0.6) is 0 Å². The van der Waals surface area contributed by atoms with E-state index in [1.807, 2.05) is 4.90 Å². The molecule has 0 radical (unpaired) electrons. The first-order valence-corrected chi connectivity index (χ1v) is 7.72. The molecule has 3 rings (SSSR count). The average molecular weight is 288 g/mol. The fourth-order valence-electron chi connectivity index (χ4n) is 3.19. The zero-order valence-electron chi connectivity index (χ0n) is 13.0. The maximum absolute atomic E-state index is 12.6. The van der Waals surface area contributed by atoms with Crippen molar-refractivity contribution in [3.05, 3.63) is 29.3 Å². The van der Waals surface area contributed by atoms with Crippen molar-refractivity contribution >= 4 is 11.6 Å². The van der Waals surface area contributed by atoms with Crippen LogP contribution in [0.1, 0.15) is 38.3 Å². The Morgan fingerprint density at radius 3 is 2.76 bits per heavy atom. The fraction of sp³-hybridized carbons (Fsp3) is 0.588. The Kier molecular flexibility index (Phi) is 3.54. The Labute approximate surface area is 126 Å². The lowest BCUT2D eigenvalue weighted by Crippen LogP contribution is -2.42. The number of carbonyl (C=O) groups is 1. The Hall–Kier alpha value is -1.39. The van der Waals surface area contributed by atoms with Crippen LogP contribution >= 0.6 is 0 Å². The third-order valence-corrected chi connectivity index (χ3v) is 4.51. The van der Waals surface area contributed by atoms with E-state index in [0.717, 1.165) is 18.7 Å². The predicted molar refractivity (Wildman–Crippen MR) is 83.6 cm³/mol. The molecule has 4 heteroatoms. The van der Waals surface area contributed by atoms with Crippen LogP contribution in [0, 0.1) is 0 Å². The molecule has 2 unspecified atom stereocenters. The Balaban J connectivity index is 1.82. The van der Waals surface area contributed by atoms with Gasteiger partial charge in [0.1, 0.15) is 0 Å². The molecule has 2 atom stereocenters. The smallest absolute Gasteiger partial charge is 0.244 e. The van der Waals surface area contributed by atoms with Gasteiger partial charge in [0.05, 0.1) is 12.1 Å². The lowest BCUT2D eigenvalue weighted by molar-refractivity contribution is -0.120. The van der Waals surface area contributed by atoms with Crippen LogP contribution in [-0.2, 0) is 16.6 Å². The number of benzene rings is 1. The molecule has 1 fully saturated rings. The van der Waals surface area contributed by atoms with Gasteiger partial charge in [-0.05, 0) is 35.4 Å².